The zero-order valence-corrected chi connectivity index (χ0v) is 18.9. The van der Waals surface area contributed by atoms with Crippen LogP contribution in [-0.2, 0) is 11.8 Å². The molecule has 33 heavy (non-hydrogen) atoms. The topological polar surface area (TPSA) is 13.1 Å². The summed E-state index contributed by atoms with van der Waals surface area (Å²) in [6.45, 7) is 4.68. The fraction of sp³-hybridized carbons (Fsp3) is 0.125. The molecule has 0 unspecified atom stereocenters. The van der Waals surface area contributed by atoms with Gasteiger partial charge < -0.3 is 4.42 Å². The molecule has 1 aliphatic carbocycles. The fourth-order valence-electron chi connectivity index (χ4n) is 5.95. The number of hydrogen-bond donors (Lipinski definition) is 0. The zero-order chi connectivity index (χ0) is 22.2. The van der Waals surface area contributed by atoms with Crippen molar-refractivity contribution in [3.63, 3.8) is 0 Å². The maximum absolute atomic E-state index is 6.49. The summed E-state index contributed by atoms with van der Waals surface area (Å²) in [5.74, 6) is 0. The molecule has 0 aliphatic heterocycles. The maximum Gasteiger partial charge on any atom is 0.138 e. The van der Waals surface area contributed by atoms with Gasteiger partial charge in [0.05, 0.1) is 0 Å². The van der Waals surface area contributed by atoms with Gasteiger partial charge in [0.25, 0.3) is 0 Å². The van der Waals surface area contributed by atoms with Crippen LogP contribution in [0.15, 0.2) is 101 Å². The minimum Gasteiger partial charge on any atom is -0.456 e. The third-order valence-corrected chi connectivity index (χ3v) is 7.54. The molecule has 0 saturated carbocycles. The van der Waals surface area contributed by atoms with Crippen molar-refractivity contribution in [2.24, 2.45) is 0 Å². The fourth-order valence-corrected chi connectivity index (χ4v) is 5.95. The second-order valence-corrected chi connectivity index (χ2v) is 9.74. The number of fused-ring (bicyclic) bond motifs is 8. The molecule has 7 rings (SSSR count). The quantitative estimate of drug-likeness (QED) is 0.271. The van der Waals surface area contributed by atoms with Crippen molar-refractivity contribution in [2.45, 2.75) is 25.7 Å². The standard InChI is InChI=1S/C32H24O/c1-32(2)26-15-6-5-13-24(26)29-21(10-8-16-27(29)32)19-22-11-7-14-25-30-23-12-4-3-9-20(23)17-18-28(30)33-31(22)25/h3-18H,19H2,1-2H3. The van der Waals surface area contributed by atoms with Gasteiger partial charge in [0.2, 0.25) is 0 Å². The van der Waals surface area contributed by atoms with E-state index in [9.17, 15) is 0 Å². The molecular weight excluding hydrogens is 400 g/mol. The Bertz CT molecular complexity index is 1710. The molecule has 1 heteroatoms. The zero-order valence-electron chi connectivity index (χ0n) is 18.9. The molecule has 1 heterocycles. The smallest absolute Gasteiger partial charge is 0.138 e. The van der Waals surface area contributed by atoms with E-state index in [1.165, 1.54) is 54.9 Å². The predicted octanol–water partition coefficient (Wildman–Crippen LogP) is 8.64. The summed E-state index contributed by atoms with van der Waals surface area (Å²) in [6, 6.07) is 35.1. The van der Waals surface area contributed by atoms with Crippen LogP contribution in [0, 0.1) is 0 Å². The Labute approximate surface area is 193 Å². The van der Waals surface area contributed by atoms with E-state index in [1.807, 2.05) is 0 Å². The number of hydrogen-bond acceptors (Lipinski definition) is 1. The van der Waals surface area contributed by atoms with Crippen LogP contribution in [0.1, 0.15) is 36.1 Å². The molecule has 0 atom stereocenters. The van der Waals surface area contributed by atoms with Crippen LogP contribution >= 0.6 is 0 Å². The first-order chi connectivity index (χ1) is 16.1. The van der Waals surface area contributed by atoms with Crippen molar-refractivity contribution in [1.29, 1.82) is 0 Å². The Balaban J connectivity index is 1.45. The molecular formula is C32H24O. The molecule has 0 amide bonds. The van der Waals surface area contributed by atoms with Crippen molar-refractivity contribution in [2.75, 3.05) is 0 Å². The van der Waals surface area contributed by atoms with Crippen LogP contribution in [0.2, 0.25) is 0 Å². The molecule has 1 nitrogen and oxygen atoms in total. The third-order valence-electron chi connectivity index (χ3n) is 7.54. The Morgan fingerprint density at radius 1 is 0.636 bits per heavy atom. The van der Waals surface area contributed by atoms with Gasteiger partial charge in [-0.3, -0.25) is 0 Å². The van der Waals surface area contributed by atoms with E-state index in [1.54, 1.807) is 0 Å². The Hall–Kier alpha value is -3.84. The van der Waals surface area contributed by atoms with E-state index in [4.69, 9.17) is 4.42 Å². The number of rotatable bonds is 2. The van der Waals surface area contributed by atoms with Crippen LogP contribution < -0.4 is 0 Å². The lowest BCUT2D eigenvalue weighted by molar-refractivity contribution is 0.659. The molecule has 0 bridgehead atoms. The third kappa shape index (κ3) is 2.54. The summed E-state index contributed by atoms with van der Waals surface area (Å²) in [5, 5.41) is 4.92. The first kappa shape index (κ1) is 18.7. The second kappa shape index (κ2) is 6.59. The van der Waals surface area contributed by atoms with Gasteiger partial charge in [0.15, 0.2) is 0 Å². The number of furan rings is 1. The van der Waals surface area contributed by atoms with E-state index in [0.717, 1.165) is 17.6 Å². The van der Waals surface area contributed by atoms with Crippen molar-refractivity contribution in [3.05, 3.63) is 119 Å². The molecule has 6 aromatic rings. The van der Waals surface area contributed by atoms with Gasteiger partial charge in [0.1, 0.15) is 11.2 Å². The van der Waals surface area contributed by atoms with Gasteiger partial charge in [-0.15, -0.1) is 0 Å². The molecule has 5 aromatic carbocycles. The van der Waals surface area contributed by atoms with Crippen LogP contribution in [0.4, 0.5) is 0 Å². The van der Waals surface area contributed by atoms with Crippen molar-refractivity contribution in [1.82, 2.24) is 0 Å². The van der Waals surface area contributed by atoms with E-state index in [2.05, 4.69) is 111 Å². The van der Waals surface area contributed by atoms with Gasteiger partial charge >= 0.3 is 0 Å². The van der Waals surface area contributed by atoms with E-state index in [0.29, 0.717) is 0 Å². The van der Waals surface area contributed by atoms with Gasteiger partial charge in [-0.05, 0) is 50.2 Å². The minimum atomic E-state index is 0.0201. The highest BCUT2D eigenvalue weighted by Gasteiger charge is 2.36. The van der Waals surface area contributed by atoms with Gasteiger partial charge in [-0.1, -0.05) is 105 Å². The van der Waals surface area contributed by atoms with Crippen LogP contribution in [0.25, 0.3) is 43.8 Å². The molecule has 0 N–H and O–H groups in total. The molecule has 1 aliphatic rings. The molecule has 0 spiro atoms. The predicted molar refractivity (Wildman–Crippen MR) is 138 cm³/mol. The monoisotopic (exact) mass is 424 g/mol. The lowest BCUT2D eigenvalue weighted by Crippen LogP contribution is -2.14. The second-order valence-electron chi connectivity index (χ2n) is 9.74. The summed E-state index contributed by atoms with van der Waals surface area (Å²) >= 11 is 0. The Kier molecular flexibility index (Phi) is 3.73. The van der Waals surface area contributed by atoms with E-state index in [-0.39, 0.29) is 5.41 Å². The first-order valence-corrected chi connectivity index (χ1v) is 11.7. The molecule has 1 aromatic heterocycles. The lowest BCUT2D eigenvalue weighted by Gasteiger charge is -2.21. The number of para-hydroxylation sites is 1. The maximum atomic E-state index is 6.49. The summed E-state index contributed by atoms with van der Waals surface area (Å²) in [5.41, 5.74) is 10.2. The summed E-state index contributed by atoms with van der Waals surface area (Å²) in [7, 11) is 0. The van der Waals surface area contributed by atoms with Crippen molar-refractivity contribution in [3.8, 4) is 11.1 Å². The van der Waals surface area contributed by atoms with Gasteiger partial charge in [-0.25, -0.2) is 0 Å². The Morgan fingerprint density at radius 3 is 2.30 bits per heavy atom. The van der Waals surface area contributed by atoms with Gasteiger partial charge in [-0.2, -0.15) is 0 Å². The summed E-state index contributed by atoms with van der Waals surface area (Å²) < 4.78 is 6.49. The highest BCUT2D eigenvalue weighted by molar-refractivity contribution is 6.19. The van der Waals surface area contributed by atoms with Crippen LogP contribution in [-0.4, -0.2) is 0 Å². The molecule has 0 radical (unpaired) electrons. The van der Waals surface area contributed by atoms with Crippen molar-refractivity contribution < 1.29 is 4.42 Å². The highest BCUT2D eigenvalue weighted by atomic mass is 16.3. The molecule has 158 valence electrons. The van der Waals surface area contributed by atoms with E-state index < -0.39 is 0 Å². The highest BCUT2D eigenvalue weighted by Crippen LogP contribution is 2.50. The largest absolute Gasteiger partial charge is 0.456 e. The van der Waals surface area contributed by atoms with Gasteiger partial charge in [0, 0.05) is 22.6 Å². The molecule has 0 fully saturated rings. The van der Waals surface area contributed by atoms with Crippen LogP contribution in [0.5, 0.6) is 0 Å². The van der Waals surface area contributed by atoms with Crippen molar-refractivity contribution >= 4 is 32.7 Å². The molecule has 0 saturated heterocycles. The first-order valence-electron chi connectivity index (χ1n) is 11.7. The lowest BCUT2D eigenvalue weighted by atomic mass is 9.82. The van der Waals surface area contributed by atoms with Crippen LogP contribution in [0.3, 0.4) is 0 Å². The Morgan fingerprint density at radius 2 is 1.36 bits per heavy atom. The average Bonchev–Trinajstić information content (AvgIpc) is 3.34. The number of benzene rings is 5. The summed E-state index contributed by atoms with van der Waals surface area (Å²) in [6.07, 6.45) is 0.850. The average molecular weight is 425 g/mol. The minimum absolute atomic E-state index is 0.0201. The normalized spacial score (nSPS) is 14.1. The van der Waals surface area contributed by atoms with E-state index >= 15 is 0 Å². The SMILES string of the molecule is CC1(C)c2ccccc2-c2c(Cc3cccc4c3oc3ccc5ccccc5c34)cccc21. The summed E-state index contributed by atoms with van der Waals surface area (Å²) in [4.78, 5) is 0.